The highest BCUT2D eigenvalue weighted by Gasteiger charge is 2.16. The first kappa shape index (κ1) is 16.6. The van der Waals surface area contributed by atoms with Crippen molar-refractivity contribution in [1.82, 2.24) is 9.97 Å². The van der Waals surface area contributed by atoms with E-state index in [1.165, 1.54) is 0 Å². The summed E-state index contributed by atoms with van der Waals surface area (Å²) in [6.45, 7) is 1.09. The summed E-state index contributed by atoms with van der Waals surface area (Å²) in [5.41, 5.74) is 0.529. The molecule has 1 aromatic heterocycles. The van der Waals surface area contributed by atoms with Crippen LogP contribution in [0.5, 0.6) is 0 Å². The van der Waals surface area contributed by atoms with Crippen LogP contribution in [-0.2, 0) is 20.7 Å². The molecule has 0 radical (unpaired) electrons. The van der Waals surface area contributed by atoms with Crippen molar-refractivity contribution in [3.63, 3.8) is 0 Å². The summed E-state index contributed by atoms with van der Waals surface area (Å²) in [6.07, 6.45) is 4.64. The molecule has 0 bridgehead atoms. The number of rotatable bonds is 6. The Balaban J connectivity index is 1.45. The van der Waals surface area contributed by atoms with E-state index < -0.39 is 0 Å². The number of para-hydroxylation sites is 1. The van der Waals surface area contributed by atoms with Crippen molar-refractivity contribution >= 4 is 16.9 Å². The fourth-order valence-electron chi connectivity index (χ4n) is 2.85. The molecule has 0 spiro atoms. The molecule has 6 heteroatoms. The van der Waals surface area contributed by atoms with Crippen LogP contribution in [0.2, 0.25) is 0 Å². The van der Waals surface area contributed by atoms with Crippen LogP contribution in [0.15, 0.2) is 29.1 Å². The van der Waals surface area contributed by atoms with Gasteiger partial charge in [0.15, 0.2) is 0 Å². The van der Waals surface area contributed by atoms with Gasteiger partial charge in [-0.2, -0.15) is 0 Å². The molecule has 0 amide bonds. The Morgan fingerprint density at radius 2 is 2.21 bits per heavy atom. The molecule has 0 aliphatic carbocycles. The maximum Gasteiger partial charge on any atom is 0.305 e. The van der Waals surface area contributed by atoms with Crippen molar-refractivity contribution in [1.29, 1.82) is 0 Å². The summed E-state index contributed by atoms with van der Waals surface area (Å²) in [4.78, 5) is 31.0. The number of H-pyrrole nitrogens is 1. The van der Waals surface area contributed by atoms with Gasteiger partial charge in [0.2, 0.25) is 0 Å². The molecule has 1 aliphatic rings. The Morgan fingerprint density at radius 1 is 1.33 bits per heavy atom. The van der Waals surface area contributed by atoms with Crippen LogP contribution in [-0.4, -0.2) is 35.3 Å². The number of fused-ring (bicyclic) bond motifs is 1. The molecule has 128 valence electrons. The molecule has 1 fully saturated rings. The minimum atomic E-state index is -0.229. The second-order valence-electron chi connectivity index (χ2n) is 6.05. The fraction of sp³-hybridized carbons (Fsp3) is 0.500. The van der Waals surface area contributed by atoms with Crippen LogP contribution in [0.1, 0.15) is 37.9 Å². The number of hydrogen-bond acceptors (Lipinski definition) is 5. The van der Waals surface area contributed by atoms with Gasteiger partial charge in [-0.25, -0.2) is 4.98 Å². The SMILES string of the molecule is O=C(CCCc1nc2ccccc2c(=O)[nH]1)OCC1CCCCO1. The maximum absolute atomic E-state index is 12.0. The summed E-state index contributed by atoms with van der Waals surface area (Å²) >= 11 is 0. The number of carbonyl (C=O) groups excluding carboxylic acids is 1. The van der Waals surface area contributed by atoms with E-state index in [4.69, 9.17) is 9.47 Å². The summed E-state index contributed by atoms with van der Waals surface area (Å²) < 4.78 is 10.8. The van der Waals surface area contributed by atoms with E-state index in [0.29, 0.717) is 42.6 Å². The molecule has 6 nitrogen and oxygen atoms in total. The van der Waals surface area contributed by atoms with Gasteiger partial charge in [0.1, 0.15) is 12.4 Å². The van der Waals surface area contributed by atoms with E-state index in [0.717, 1.165) is 25.9 Å². The van der Waals surface area contributed by atoms with Crippen LogP contribution in [0.4, 0.5) is 0 Å². The number of nitrogens with one attached hydrogen (secondary N) is 1. The number of aromatic nitrogens is 2. The Kier molecular flexibility index (Phi) is 5.59. The maximum atomic E-state index is 12.0. The number of carbonyl (C=O) groups is 1. The van der Waals surface area contributed by atoms with Crippen molar-refractivity contribution in [2.75, 3.05) is 13.2 Å². The standard InChI is InChI=1S/C18H22N2O4/c21-17(24-12-13-6-3-4-11-23-13)10-5-9-16-19-15-8-2-1-7-14(15)18(22)20-16/h1-2,7-8,13H,3-6,9-12H2,(H,19,20,22). The van der Waals surface area contributed by atoms with E-state index in [9.17, 15) is 9.59 Å². The first-order valence-electron chi connectivity index (χ1n) is 8.47. The quantitative estimate of drug-likeness (QED) is 0.822. The van der Waals surface area contributed by atoms with Crippen LogP contribution in [0, 0.1) is 0 Å². The van der Waals surface area contributed by atoms with Crippen LogP contribution in [0.25, 0.3) is 10.9 Å². The zero-order valence-electron chi connectivity index (χ0n) is 13.6. The topological polar surface area (TPSA) is 81.3 Å². The van der Waals surface area contributed by atoms with Crippen molar-refractivity contribution in [3.05, 3.63) is 40.4 Å². The minimum Gasteiger partial charge on any atom is -0.463 e. The number of aromatic amines is 1. The molecule has 3 rings (SSSR count). The molecule has 2 aromatic rings. The molecule has 24 heavy (non-hydrogen) atoms. The number of ether oxygens (including phenoxy) is 2. The predicted molar refractivity (Wildman–Crippen MR) is 89.9 cm³/mol. The molecule has 1 unspecified atom stereocenters. The van der Waals surface area contributed by atoms with Crippen molar-refractivity contribution in [2.24, 2.45) is 0 Å². The normalized spacial score (nSPS) is 17.8. The Bertz CT molecular complexity index is 750. The first-order chi connectivity index (χ1) is 11.7. The Labute approximate surface area is 140 Å². The summed E-state index contributed by atoms with van der Waals surface area (Å²) in [6, 6.07) is 7.22. The molecule has 1 aromatic carbocycles. The van der Waals surface area contributed by atoms with Crippen molar-refractivity contribution < 1.29 is 14.3 Å². The third-order valence-corrected chi connectivity index (χ3v) is 4.16. The highest BCUT2D eigenvalue weighted by atomic mass is 16.6. The third-order valence-electron chi connectivity index (χ3n) is 4.16. The summed E-state index contributed by atoms with van der Waals surface area (Å²) in [7, 11) is 0. The number of benzene rings is 1. The third kappa shape index (κ3) is 4.41. The molecule has 2 heterocycles. The highest BCUT2D eigenvalue weighted by molar-refractivity contribution is 5.77. The molecular formula is C18H22N2O4. The minimum absolute atomic E-state index is 0.0428. The first-order valence-corrected chi connectivity index (χ1v) is 8.47. The van der Waals surface area contributed by atoms with Gasteiger partial charge >= 0.3 is 5.97 Å². The lowest BCUT2D eigenvalue weighted by molar-refractivity contribution is -0.149. The fourth-order valence-corrected chi connectivity index (χ4v) is 2.85. The van der Waals surface area contributed by atoms with Crippen LogP contribution in [0.3, 0.4) is 0 Å². The van der Waals surface area contributed by atoms with Gasteiger partial charge in [-0.1, -0.05) is 12.1 Å². The highest BCUT2D eigenvalue weighted by Crippen LogP contribution is 2.13. The van der Waals surface area contributed by atoms with Crippen molar-refractivity contribution in [2.45, 2.75) is 44.6 Å². The average Bonchev–Trinajstić information content (AvgIpc) is 2.61. The lowest BCUT2D eigenvalue weighted by Gasteiger charge is -2.22. The van der Waals surface area contributed by atoms with Gasteiger partial charge in [-0.05, 0) is 37.8 Å². The Morgan fingerprint density at radius 3 is 3.04 bits per heavy atom. The summed E-state index contributed by atoms with van der Waals surface area (Å²) in [5, 5.41) is 0.577. The monoisotopic (exact) mass is 330 g/mol. The second-order valence-corrected chi connectivity index (χ2v) is 6.05. The lowest BCUT2D eigenvalue weighted by atomic mass is 10.1. The number of aryl methyl sites for hydroxylation is 1. The van der Waals surface area contributed by atoms with Crippen LogP contribution < -0.4 is 5.56 Å². The van der Waals surface area contributed by atoms with E-state index in [1.54, 1.807) is 6.07 Å². The number of hydrogen-bond donors (Lipinski definition) is 1. The predicted octanol–water partition coefficient (Wildman–Crippen LogP) is 2.36. The van der Waals surface area contributed by atoms with Gasteiger partial charge in [0.25, 0.3) is 5.56 Å². The Hall–Kier alpha value is -2.21. The zero-order chi connectivity index (χ0) is 16.8. The van der Waals surface area contributed by atoms with E-state index in [-0.39, 0.29) is 17.6 Å². The zero-order valence-corrected chi connectivity index (χ0v) is 13.6. The van der Waals surface area contributed by atoms with Gasteiger partial charge in [0.05, 0.1) is 17.0 Å². The molecule has 1 saturated heterocycles. The average molecular weight is 330 g/mol. The van der Waals surface area contributed by atoms with E-state index in [1.807, 2.05) is 18.2 Å². The summed E-state index contributed by atoms with van der Waals surface area (Å²) in [5.74, 6) is 0.370. The largest absolute Gasteiger partial charge is 0.463 e. The number of esters is 1. The smallest absolute Gasteiger partial charge is 0.305 e. The second kappa shape index (κ2) is 8.06. The van der Waals surface area contributed by atoms with Gasteiger partial charge in [-0.15, -0.1) is 0 Å². The van der Waals surface area contributed by atoms with Gasteiger partial charge in [-0.3, -0.25) is 9.59 Å². The molecule has 1 atom stereocenters. The van der Waals surface area contributed by atoms with Crippen LogP contribution >= 0.6 is 0 Å². The molecule has 0 saturated carbocycles. The van der Waals surface area contributed by atoms with Gasteiger partial charge in [0, 0.05) is 19.4 Å². The molecular weight excluding hydrogens is 308 g/mol. The van der Waals surface area contributed by atoms with Crippen molar-refractivity contribution in [3.8, 4) is 0 Å². The lowest BCUT2D eigenvalue weighted by Crippen LogP contribution is -2.25. The molecule has 1 aliphatic heterocycles. The molecule has 1 N–H and O–H groups in total. The number of nitrogens with zero attached hydrogens (tertiary/aromatic N) is 1. The van der Waals surface area contributed by atoms with Gasteiger partial charge < -0.3 is 14.5 Å². The van der Waals surface area contributed by atoms with E-state index in [2.05, 4.69) is 9.97 Å². The van der Waals surface area contributed by atoms with E-state index >= 15 is 0 Å².